The molecule has 1 heteroatoms. The Morgan fingerprint density at radius 2 is 1.07 bits per heavy atom. The molecule has 43 heavy (non-hydrogen) atoms. The van der Waals surface area contributed by atoms with Gasteiger partial charge in [0.15, 0.2) is 0 Å². The number of hydrogen-bond donors (Lipinski definition) is 0. The highest BCUT2D eigenvalue weighted by Crippen LogP contribution is 2.41. The van der Waals surface area contributed by atoms with Crippen LogP contribution >= 0.6 is 0 Å². The average molecular weight is 556 g/mol. The SMILES string of the molecule is [2H]c1c([2H])c(-c2cccc3ccccc23)c([2H])c(N(c2c([2H])c([2H])c(-c3ccc4ccccc4c3)c([2H])c2[2H])c2cccc3ccccc23)c1[2H]. The largest absolute Gasteiger partial charge is 0.310 e. The highest BCUT2D eigenvalue weighted by Gasteiger charge is 2.17. The van der Waals surface area contributed by atoms with Gasteiger partial charge in [0.2, 0.25) is 0 Å². The van der Waals surface area contributed by atoms with Crippen molar-refractivity contribution in [3.05, 3.63) is 176 Å². The Morgan fingerprint density at radius 3 is 1.88 bits per heavy atom. The summed E-state index contributed by atoms with van der Waals surface area (Å²) in [4.78, 5) is 1.42. The van der Waals surface area contributed by atoms with Crippen molar-refractivity contribution in [2.45, 2.75) is 0 Å². The van der Waals surface area contributed by atoms with Gasteiger partial charge >= 0.3 is 0 Å². The fourth-order valence-corrected chi connectivity index (χ4v) is 5.69. The molecule has 0 saturated heterocycles. The van der Waals surface area contributed by atoms with Crippen molar-refractivity contribution in [1.82, 2.24) is 0 Å². The molecule has 0 spiro atoms. The molecule has 1 nitrogen and oxygen atoms in total. The Morgan fingerprint density at radius 1 is 0.419 bits per heavy atom. The summed E-state index contributed by atoms with van der Waals surface area (Å²) in [5.74, 6) is 0. The minimum atomic E-state index is -0.433. The molecule has 0 aliphatic rings. The van der Waals surface area contributed by atoms with Crippen molar-refractivity contribution in [1.29, 1.82) is 0 Å². The molecular formula is C42H29N. The number of fused-ring (bicyclic) bond motifs is 3. The van der Waals surface area contributed by atoms with Crippen molar-refractivity contribution >= 4 is 49.4 Å². The molecule has 0 bridgehead atoms. The maximum absolute atomic E-state index is 9.70. The molecule has 0 heterocycles. The second-order valence-electron chi connectivity index (χ2n) is 10.4. The first-order valence-electron chi connectivity index (χ1n) is 18.1. The third-order valence-electron chi connectivity index (χ3n) is 7.78. The molecule has 8 aromatic rings. The van der Waals surface area contributed by atoms with Gasteiger partial charge in [-0.05, 0) is 85.5 Å². The topological polar surface area (TPSA) is 3.24 Å². The van der Waals surface area contributed by atoms with E-state index in [-0.39, 0.29) is 58.8 Å². The van der Waals surface area contributed by atoms with Crippen LogP contribution in [0.25, 0.3) is 54.6 Å². The maximum Gasteiger partial charge on any atom is 0.0651 e. The summed E-state index contributed by atoms with van der Waals surface area (Å²) in [6, 6.07) is 36.7. The van der Waals surface area contributed by atoms with Crippen LogP contribution < -0.4 is 4.90 Å². The van der Waals surface area contributed by atoms with Gasteiger partial charge in [-0.25, -0.2) is 0 Å². The number of benzene rings is 8. The Labute approximate surface area is 263 Å². The first-order chi connectivity index (χ1) is 24.7. The highest BCUT2D eigenvalue weighted by molar-refractivity contribution is 6.01. The van der Waals surface area contributed by atoms with E-state index in [1.165, 1.54) is 4.90 Å². The minimum absolute atomic E-state index is 0.116. The van der Waals surface area contributed by atoms with Gasteiger partial charge in [-0.1, -0.05) is 139 Å². The van der Waals surface area contributed by atoms with E-state index in [1.54, 1.807) is 24.3 Å². The molecule has 0 amide bonds. The molecule has 0 unspecified atom stereocenters. The lowest BCUT2D eigenvalue weighted by atomic mass is 9.97. The molecule has 202 valence electrons. The molecule has 0 N–H and O–H groups in total. The highest BCUT2D eigenvalue weighted by atomic mass is 15.1. The van der Waals surface area contributed by atoms with E-state index >= 15 is 0 Å². The molecular weight excluding hydrogens is 518 g/mol. The Hall–Kier alpha value is -5.66. The quantitative estimate of drug-likeness (QED) is 0.204. The standard InChI is InChI=1S/C42H29N/c1-2-13-34-28-35(23-22-30(34)10-1)31-24-26-37(27-25-31)43(42-21-9-15-33-12-4-6-19-41(33)42)38-17-7-16-36(29-38)40-20-8-14-32-11-3-5-18-39(32)40/h1-29H/i7D,16D,17D,24D,25D,26D,27D,29D. The van der Waals surface area contributed by atoms with Crippen LogP contribution in [0.4, 0.5) is 17.1 Å². The van der Waals surface area contributed by atoms with E-state index in [2.05, 4.69) is 0 Å². The number of nitrogens with zero attached hydrogens (tertiary/aromatic N) is 1. The summed E-state index contributed by atoms with van der Waals surface area (Å²) in [5, 5.41) is 5.02. The summed E-state index contributed by atoms with van der Waals surface area (Å²) in [6.07, 6.45) is 0. The third kappa shape index (κ3) is 4.62. The van der Waals surface area contributed by atoms with Crippen LogP contribution in [-0.4, -0.2) is 0 Å². The van der Waals surface area contributed by atoms with Gasteiger partial charge in [0.1, 0.15) is 0 Å². The second kappa shape index (κ2) is 10.6. The Balaban J connectivity index is 1.47. The minimum Gasteiger partial charge on any atom is -0.310 e. The van der Waals surface area contributed by atoms with Crippen molar-refractivity contribution in [2.75, 3.05) is 4.90 Å². The smallest absolute Gasteiger partial charge is 0.0651 e. The Bertz CT molecular complexity index is 2670. The molecule has 0 aliphatic heterocycles. The fraction of sp³-hybridized carbons (Fsp3) is 0. The lowest BCUT2D eigenvalue weighted by molar-refractivity contribution is 1.30. The van der Waals surface area contributed by atoms with E-state index in [1.807, 2.05) is 103 Å². The van der Waals surface area contributed by atoms with Crippen LogP contribution in [0, 0.1) is 0 Å². The summed E-state index contributed by atoms with van der Waals surface area (Å²) in [5.41, 5.74) is 1.48. The van der Waals surface area contributed by atoms with Gasteiger partial charge in [0.25, 0.3) is 0 Å². The molecule has 8 rings (SSSR count). The summed E-state index contributed by atoms with van der Waals surface area (Å²) < 4.78 is 74.4. The van der Waals surface area contributed by atoms with E-state index in [4.69, 9.17) is 2.74 Å². The zero-order valence-electron chi connectivity index (χ0n) is 31.1. The van der Waals surface area contributed by atoms with Crippen molar-refractivity contribution in [3.8, 4) is 22.3 Å². The van der Waals surface area contributed by atoms with Crippen LogP contribution in [0.2, 0.25) is 0 Å². The first-order valence-corrected chi connectivity index (χ1v) is 14.1. The van der Waals surface area contributed by atoms with Crippen LogP contribution in [0.15, 0.2) is 176 Å². The molecule has 0 radical (unpaired) electrons. The molecule has 0 atom stereocenters. The van der Waals surface area contributed by atoms with E-state index in [9.17, 15) is 8.22 Å². The molecule has 0 aromatic heterocycles. The third-order valence-corrected chi connectivity index (χ3v) is 7.78. The zero-order valence-corrected chi connectivity index (χ0v) is 23.1. The normalized spacial score (nSPS) is 13.9. The predicted molar refractivity (Wildman–Crippen MR) is 185 cm³/mol. The van der Waals surface area contributed by atoms with Crippen LogP contribution in [0.1, 0.15) is 11.0 Å². The second-order valence-corrected chi connectivity index (χ2v) is 10.4. The van der Waals surface area contributed by atoms with Gasteiger partial charge in [0.05, 0.1) is 16.7 Å². The number of rotatable bonds is 5. The Kier molecular flexibility index (Phi) is 4.45. The van der Waals surface area contributed by atoms with Gasteiger partial charge in [-0.15, -0.1) is 0 Å². The number of anilines is 3. The summed E-state index contributed by atoms with van der Waals surface area (Å²) in [6.45, 7) is 0. The van der Waals surface area contributed by atoms with Crippen LogP contribution in [0.5, 0.6) is 0 Å². The van der Waals surface area contributed by atoms with E-state index in [0.29, 0.717) is 22.2 Å². The summed E-state index contributed by atoms with van der Waals surface area (Å²) >= 11 is 0. The molecule has 8 aromatic carbocycles. The van der Waals surface area contributed by atoms with Gasteiger partial charge in [0, 0.05) is 16.8 Å². The molecule has 0 saturated carbocycles. The zero-order chi connectivity index (χ0) is 35.6. The summed E-state index contributed by atoms with van der Waals surface area (Å²) in [7, 11) is 0. The maximum atomic E-state index is 9.70. The lowest BCUT2D eigenvalue weighted by Gasteiger charge is -2.27. The molecule has 0 aliphatic carbocycles. The molecule has 0 fully saturated rings. The van der Waals surface area contributed by atoms with E-state index in [0.717, 1.165) is 26.9 Å². The fourth-order valence-electron chi connectivity index (χ4n) is 5.69. The van der Waals surface area contributed by atoms with Crippen LogP contribution in [-0.2, 0) is 0 Å². The lowest BCUT2D eigenvalue weighted by Crippen LogP contribution is -2.10. The average Bonchev–Trinajstić information content (AvgIpc) is 3.15. The van der Waals surface area contributed by atoms with Gasteiger partial charge in [-0.2, -0.15) is 0 Å². The predicted octanol–water partition coefficient (Wildman–Crippen LogP) is 11.9. The van der Waals surface area contributed by atoms with Gasteiger partial charge < -0.3 is 4.90 Å². The van der Waals surface area contributed by atoms with Crippen molar-refractivity contribution in [2.24, 2.45) is 0 Å². The van der Waals surface area contributed by atoms with Crippen LogP contribution in [0.3, 0.4) is 0 Å². The first kappa shape index (κ1) is 18.0. The monoisotopic (exact) mass is 555 g/mol. The van der Waals surface area contributed by atoms with Crippen molar-refractivity contribution < 1.29 is 11.0 Å². The number of hydrogen-bond acceptors (Lipinski definition) is 1. The van der Waals surface area contributed by atoms with Gasteiger partial charge in [-0.3, -0.25) is 0 Å². The van der Waals surface area contributed by atoms with Crippen molar-refractivity contribution in [3.63, 3.8) is 0 Å². The van der Waals surface area contributed by atoms with E-state index < -0.39 is 12.1 Å².